The lowest BCUT2D eigenvalue weighted by molar-refractivity contribution is -0.145. The smallest absolute Gasteiger partial charge is 0.230 e. The van der Waals surface area contributed by atoms with Crippen LogP contribution in [0.2, 0.25) is 0 Å². The molecule has 0 aromatic rings. The first-order valence-electron chi connectivity index (χ1n) is 8.93. The third-order valence-electron chi connectivity index (χ3n) is 7.20. The van der Waals surface area contributed by atoms with Crippen molar-refractivity contribution >= 4 is 18.3 Å². The number of halogens is 1. The minimum atomic E-state index is -0.0587. The molecule has 124 valence electrons. The Morgan fingerprint density at radius 3 is 2.55 bits per heavy atom. The summed E-state index contributed by atoms with van der Waals surface area (Å²) >= 11 is 0. The van der Waals surface area contributed by atoms with Crippen LogP contribution in [0.5, 0.6) is 0 Å². The van der Waals surface area contributed by atoms with Crippen molar-refractivity contribution in [3.05, 3.63) is 0 Å². The molecule has 4 heterocycles. The van der Waals surface area contributed by atoms with Crippen LogP contribution in [0.3, 0.4) is 0 Å². The molecule has 0 spiro atoms. The highest BCUT2D eigenvalue weighted by atomic mass is 35.5. The monoisotopic (exact) mass is 326 g/mol. The average Bonchev–Trinajstić information content (AvgIpc) is 3.25. The summed E-state index contributed by atoms with van der Waals surface area (Å²) in [4.78, 5) is 15.5. The maximum Gasteiger partial charge on any atom is 0.230 e. The number of rotatable bonds is 1. The first-order valence-corrected chi connectivity index (χ1v) is 8.93. The fourth-order valence-electron chi connectivity index (χ4n) is 6.11. The Hall–Kier alpha value is -0.320. The van der Waals surface area contributed by atoms with Crippen molar-refractivity contribution in [3.63, 3.8) is 0 Å². The molecule has 5 heteroatoms. The van der Waals surface area contributed by atoms with Gasteiger partial charge < -0.3 is 15.0 Å². The summed E-state index contributed by atoms with van der Waals surface area (Å²) < 4.78 is 6.05. The number of carbonyl (C=O) groups is 1. The van der Waals surface area contributed by atoms with Gasteiger partial charge in [-0.15, -0.1) is 12.4 Å². The first-order chi connectivity index (χ1) is 10.3. The van der Waals surface area contributed by atoms with Crippen LogP contribution in [0.4, 0.5) is 0 Å². The van der Waals surface area contributed by atoms with E-state index in [9.17, 15) is 4.79 Å². The molecule has 4 saturated heterocycles. The molecule has 0 radical (unpaired) electrons. The van der Waals surface area contributed by atoms with Gasteiger partial charge in [-0.05, 0) is 38.1 Å². The quantitative estimate of drug-likeness (QED) is 0.799. The summed E-state index contributed by atoms with van der Waals surface area (Å²) in [6.45, 7) is 3.92. The lowest BCUT2D eigenvalue weighted by Crippen LogP contribution is -2.49. The third-order valence-corrected chi connectivity index (χ3v) is 7.20. The van der Waals surface area contributed by atoms with Crippen LogP contribution < -0.4 is 5.32 Å². The van der Waals surface area contributed by atoms with Crippen molar-refractivity contribution in [3.8, 4) is 0 Å². The highest BCUT2D eigenvalue weighted by molar-refractivity contribution is 5.85. The van der Waals surface area contributed by atoms with Crippen molar-refractivity contribution in [1.82, 2.24) is 10.2 Å². The molecule has 22 heavy (non-hydrogen) atoms. The van der Waals surface area contributed by atoms with Crippen molar-refractivity contribution in [2.45, 2.75) is 50.7 Å². The Balaban J connectivity index is 0.00000125. The summed E-state index contributed by atoms with van der Waals surface area (Å²) in [5, 5.41) is 3.52. The molecule has 4 aliphatic heterocycles. The average molecular weight is 327 g/mol. The molecule has 1 aliphatic carbocycles. The largest absolute Gasteiger partial charge is 0.374 e. The Kier molecular flexibility index (Phi) is 3.70. The van der Waals surface area contributed by atoms with Crippen LogP contribution in [-0.4, -0.2) is 49.2 Å². The number of fused-ring (bicyclic) bond motifs is 6. The van der Waals surface area contributed by atoms with E-state index in [2.05, 4.69) is 10.2 Å². The van der Waals surface area contributed by atoms with E-state index in [0.717, 1.165) is 32.6 Å². The molecular weight excluding hydrogens is 300 g/mol. The summed E-state index contributed by atoms with van der Waals surface area (Å²) in [7, 11) is 0. The minimum Gasteiger partial charge on any atom is -0.374 e. The molecule has 1 saturated carbocycles. The van der Waals surface area contributed by atoms with Crippen molar-refractivity contribution < 1.29 is 9.53 Å². The molecule has 0 aromatic heterocycles. The predicted molar refractivity (Wildman–Crippen MR) is 86.0 cm³/mol. The van der Waals surface area contributed by atoms with Crippen LogP contribution in [0.15, 0.2) is 0 Å². The van der Waals surface area contributed by atoms with E-state index >= 15 is 0 Å². The SMILES string of the molecule is Cl.O=C(N1CC2C3CCC(O3)C2C1)[C@@]12CCCC[C@H]1CNC2. The number of hydrogen-bond acceptors (Lipinski definition) is 3. The zero-order valence-corrected chi connectivity index (χ0v) is 13.9. The van der Waals surface area contributed by atoms with Gasteiger partial charge in [-0.3, -0.25) is 4.79 Å². The van der Waals surface area contributed by atoms with Crippen LogP contribution in [-0.2, 0) is 9.53 Å². The van der Waals surface area contributed by atoms with E-state index in [4.69, 9.17) is 4.74 Å². The summed E-state index contributed by atoms with van der Waals surface area (Å²) in [5.74, 6) is 2.35. The van der Waals surface area contributed by atoms with E-state index in [1.54, 1.807) is 0 Å². The molecular formula is C17H27ClN2O2. The van der Waals surface area contributed by atoms with E-state index < -0.39 is 0 Å². The fraction of sp³-hybridized carbons (Fsp3) is 0.941. The lowest BCUT2D eigenvalue weighted by atomic mass is 9.67. The van der Waals surface area contributed by atoms with Gasteiger partial charge in [0.05, 0.1) is 17.6 Å². The molecule has 5 rings (SSSR count). The van der Waals surface area contributed by atoms with Crippen molar-refractivity contribution in [2.75, 3.05) is 26.2 Å². The lowest BCUT2D eigenvalue weighted by Gasteiger charge is -2.40. The molecule has 2 bridgehead atoms. The van der Waals surface area contributed by atoms with E-state index in [0.29, 0.717) is 35.9 Å². The molecule has 1 N–H and O–H groups in total. The molecule has 5 aliphatic rings. The maximum atomic E-state index is 13.3. The Bertz CT molecular complexity index is 456. The number of nitrogens with one attached hydrogen (secondary N) is 1. The zero-order chi connectivity index (χ0) is 14.0. The molecule has 5 fully saturated rings. The number of hydrogen-bond donors (Lipinski definition) is 1. The highest BCUT2D eigenvalue weighted by Gasteiger charge is 2.57. The summed E-state index contributed by atoms with van der Waals surface area (Å²) in [5.41, 5.74) is -0.0587. The standard InChI is InChI=1S/C17H26N2O2.ClH/c20-16(17-6-2-1-3-11(17)7-18-10-17)19-8-12-13(9-19)15-5-4-14(12)21-15;/h11-15,18H,1-10H2;1H/t11-,12?,13?,14?,15?,17+;/m0./s1. The van der Waals surface area contributed by atoms with Gasteiger partial charge in [0.15, 0.2) is 0 Å². The maximum absolute atomic E-state index is 13.3. The minimum absolute atomic E-state index is 0. The predicted octanol–water partition coefficient (Wildman–Crippen LogP) is 1.82. The summed E-state index contributed by atoms with van der Waals surface area (Å²) in [6.07, 6.45) is 8.26. The molecule has 4 unspecified atom stereocenters. The van der Waals surface area contributed by atoms with Gasteiger partial charge in [0.25, 0.3) is 0 Å². The number of likely N-dealkylation sites (tertiary alicyclic amines) is 1. The van der Waals surface area contributed by atoms with Crippen molar-refractivity contribution in [2.24, 2.45) is 23.2 Å². The van der Waals surface area contributed by atoms with Gasteiger partial charge in [0, 0.05) is 31.5 Å². The van der Waals surface area contributed by atoms with Crippen LogP contribution in [0, 0.1) is 23.2 Å². The topological polar surface area (TPSA) is 41.6 Å². The Morgan fingerprint density at radius 2 is 1.82 bits per heavy atom. The highest BCUT2D eigenvalue weighted by Crippen LogP contribution is 2.50. The van der Waals surface area contributed by atoms with Gasteiger partial charge in [0.2, 0.25) is 5.91 Å². The zero-order valence-electron chi connectivity index (χ0n) is 13.1. The Labute approximate surface area is 138 Å². The number of nitrogens with zero attached hydrogens (tertiary/aromatic N) is 1. The fourth-order valence-corrected chi connectivity index (χ4v) is 6.11. The second-order valence-electron chi connectivity index (χ2n) is 8.06. The van der Waals surface area contributed by atoms with E-state index in [-0.39, 0.29) is 17.8 Å². The van der Waals surface area contributed by atoms with Gasteiger partial charge in [-0.1, -0.05) is 12.8 Å². The number of carbonyl (C=O) groups excluding carboxylic acids is 1. The van der Waals surface area contributed by atoms with Gasteiger partial charge in [-0.25, -0.2) is 0 Å². The molecule has 1 amide bonds. The number of ether oxygens (including phenoxy) is 1. The van der Waals surface area contributed by atoms with Crippen molar-refractivity contribution in [1.29, 1.82) is 0 Å². The second kappa shape index (κ2) is 5.35. The molecule has 4 nitrogen and oxygen atoms in total. The van der Waals surface area contributed by atoms with E-state index in [1.165, 1.54) is 32.1 Å². The normalized spacial score (nSPS) is 48.9. The van der Waals surface area contributed by atoms with Crippen LogP contribution in [0.1, 0.15) is 38.5 Å². The Morgan fingerprint density at radius 1 is 1.09 bits per heavy atom. The third kappa shape index (κ3) is 1.93. The van der Waals surface area contributed by atoms with Crippen LogP contribution in [0.25, 0.3) is 0 Å². The number of amides is 1. The van der Waals surface area contributed by atoms with Gasteiger partial charge >= 0.3 is 0 Å². The van der Waals surface area contributed by atoms with Gasteiger partial charge in [-0.2, -0.15) is 0 Å². The first kappa shape index (κ1) is 15.2. The van der Waals surface area contributed by atoms with Crippen LogP contribution >= 0.6 is 12.4 Å². The summed E-state index contributed by atoms with van der Waals surface area (Å²) in [6, 6.07) is 0. The van der Waals surface area contributed by atoms with Gasteiger partial charge in [0.1, 0.15) is 0 Å². The second-order valence-corrected chi connectivity index (χ2v) is 8.06. The molecule has 0 aromatic carbocycles. The van der Waals surface area contributed by atoms with E-state index in [1.807, 2.05) is 0 Å². The molecule has 6 atom stereocenters.